The van der Waals surface area contributed by atoms with Gasteiger partial charge in [-0.1, -0.05) is 34.1 Å². The quantitative estimate of drug-likeness (QED) is 0.790. The second kappa shape index (κ2) is 5.21. The van der Waals surface area contributed by atoms with Crippen molar-refractivity contribution in [3.05, 3.63) is 34.3 Å². The molecule has 0 aliphatic carbocycles. The Balaban J connectivity index is 2.08. The van der Waals surface area contributed by atoms with Crippen molar-refractivity contribution in [2.24, 2.45) is 5.41 Å². The Morgan fingerprint density at radius 2 is 2.05 bits per heavy atom. The van der Waals surface area contributed by atoms with Crippen molar-refractivity contribution in [3.63, 3.8) is 0 Å². The molecule has 1 N–H and O–H groups in total. The Morgan fingerprint density at radius 3 is 2.67 bits per heavy atom. The van der Waals surface area contributed by atoms with Crippen molar-refractivity contribution in [1.82, 2.24) is 10.2 Å². The number of carbonyl (C=O) groups is 2. The molecule has 1 aromatic carbocycles. The van der Waals surface area contributed by atoms with Gasteiger partial charge >= 0.3 is 0 Å². The number of benzene rings is 1. The van der Waals surface area contributed by atoms with Gasteiger partial charge in [-0.05, 0) is 32.0 Å². The van der Waals surface area contributed by atoms with Gasteiger partial charge in [0, 0.05) is 28.9 Å². The van der Waals surface area contributed by atoms with E-state index in [0.29, 0.717) is 12.5 Å². The molecule has 3 atom stereocenters. The number of hydrogen-bond acceptors (Lipinski definition) is 3. The zero-order valence-corrected chi connectivity index (χ0v) is 13.8. The number of piperidine rings is 1. The maximum Gasteiger partial charge on any atom is 0.234 e. The summed E-state index contributed by atoms with van der Waals surface area (Å²) in [7, 11) is 2.06. The normalized spacial score (nSPS) is 33.5. The summed E-state index contributed by atoms with van der Waals surface area (Å²) in [6.45, 7) is 2.93. The maximum absolute atomic E-state index is 12.6. The van der Waals surface area contributed by atoms with Crippen LogP contribution in [0.3, 0.4) is 0 Å². The van der Waals surface area contributed by atoms with E-state index in [2.05, 4.69) is 40.1 Å². The molecule has 1 spiro atoms. The number of amides is 2. The topological polar surface area (TPSA) is 49.4 Å². The van der Waals surface area contributed by atoms with Gasteiger partial charge in [-0.2, -0.15) is 0 Å². The Hall–Kier alpha value is -1.20. The Morgan fingerprint density at radius 1 is 1.33 bits per heavy atom. The molecule has 2 aliphatic heterocycles. The average Bonchev–Trinajstić information content (AvgIpc) is 2.66. The monoisotopic (exact) mass is 350 g/mol. The highest BCUT2D eigenvalue weighted by Crippen LogP contribution is 2.51. The maximum atomic E-state index is 12.6. The Bertz CT molecular complexity index is 592. The van der Waals surface area contributed by atoms with E-state index in [9.17, 15) is 9.59 Å². The first kappa shape index (κ1) is 14.7. The molecule has 4 nitrogen and oxygen atoms in total. The van der Waals surface area contributed by atoms with Crippen molar-refractivity contribution < 1.29 is 9.59 Å². The zero-order chi connectivity index (χ0) is 15.2. The lowest BCUT2D eigenvalue weighted by Crippen LogP contribution is -2.51. The van der Waals surface area contributed by atoms with Gasteiger partial charge in [0.1, 0.15) is 0 Å². The molecule has 0 radical (unpaired) electrons. The number of imide groups is 1. The largest absolute Gasteiger partial charge is 0.303 e. The van der Waals surface area contributed by atoms with Crippen LogP contribution in [0.25, 0.3) is 0 Å². The molecule has 1 aromatic rings. The number of nitrogens with zero attached hydrogens (tertiary/aromatic N) is 1. The highest BCUT2D eigenvalue weighted by atomic mass is 79.9. The molecular weight excluding hydrogens is 332 g/mol. The fourth-order valence-corrected chi connectivity index (χ4v) is 4.45. The summed E-state index contributed by atoms with van der Waals surface area (Å²) in [5.41, 5.74) is 0.683. The van der Waals surface area contributed by atoms with Crippen LogP contribution in [0.1, 0.15) is 31.2 Å². The minimum atomic E-state index is -0.294. The van der Waals surface area contributed by atoms with Crippen LogP contribution in [0.2, 0.25) is 0 Å². The highest BCUT2D eigenvalue weighted by Gasteiger charge is 2.54. The van der Waals surface area contributed by atoms with Gasteiger partial charge in [-0.25, -0.2) is 0 Å². The summed E-state index contributed by atoms with van der Waals surface area (Å²) >= 11 is 3.56. The van der Waals surface area contributed by atoms with Gasteiger partial charge < -0.3 is 4.90 Å². The van der Waals surface area contributed by atoms with Crippen molar-refractivity contribution in [2.45, 2.75) is 31.7 Å². The predicted molar refractivity (Wildman–Crippen MR) is 83.8 cm³/mol. The first-order valence-electron chi connectivity index (χ1n) is 7.21. The number of hydrogen-bond donors (Lipinski definition) is 1. The van der Waals surface area contributed by atoms with Gasteiger partial charge in [0.15, 0.2) is 0 Å². The van der Waals surface area contributed by atoms with Crippen LogP contribution in [-0.2, 0) is 9.59 Å². The number of carbonyl (C=O) groups excluding carboxylic acids is 2. The molecule has 0 aromatic heterocycles. The summed E-state index contributed by atoms with van der Waals surface area (Å²) in [5, 5.41) is 2.52. The van der Waals surface area contributed by atoms with Gasteiger partial charge in [-0.3, -0.25) is 14.9 Å². The second-order valence-corrected chi connectivity index (χ2v) is 7.23. The lowest BCUT2D eigenvalue weighted by atomic mass is 9.66. The Labute approximate surface area is 133 Å². The van der Waals surface area contributed by atoms with Crippen molar-refractivity contribution in [3.8, 4) is 0 Å². The van der Waals surface area contributed by atoms with Crippen LogP contribution < -0.4 is 5.32 Å². The third-order valence-electron chi connectivity index (χ3n) is 4.88. The van der Waals surface area contributed by atoms with E-state index in [-0.39, 0.29) is 23.1 Å². The summed E-state index contributed by atoms with van der Waals surface area (Å²) < 4.78 is 0.932. The van der Waals surface area contributed by atoms with Crippen LogP contribution in [0.5, 0.6) is 0 Å². The minimum absolute atomic E-state index is 0.147. The molecule has 3 unspecified atom stereocenters. The minimum Gasteiger partial charge on any atom is -0.303 e. The zero-order valence-electron chi connectivity index (χ0n) is 12.2. The standard InChI is InChI=1S/C16H19BrN2O2/c1-10-7-16(9-19(10)2)8-13(20)18-15(21)14(16)11-5-3-4-6-12(11)17/h3-6,10,14H,7-9H2,1-2H3,(H,18,20,21). The van der Waals surface area contributed by atoms with Crippen LogP contribution in [0, 0.1) is 5.41 Å². The summed E-state index contributed by atoms with van der Waals surface area (Å²) in [5.74, 6) is -0.593. The van der Waals surface area contributed by atoms with Gasteiger partial charge in [0.25, 0.3) is 0 Å². The van der Waals surface area contributed by atoms with E-state index in [4.69, 9.17) is 0 Å². The van der Waals surface area contributed by atoms with Crippen LogP contribution in [0.4, 0.5) is 0 Å². The lowest BCUT2D eigenvalue weighted by Gasteiger charge is -2.40. The van der Waals surface area contributed by atoms with E-state index in [1.807, 2.05) is 24.3 Å². The molecular formula is C16H19BrN2O2. The first-order chi connectivity index (χ1) is 9.93. The third-order valence-corrected chi connectivity index (χ3v) is 5.61. The van der Waals surface area contributed by atoms with Crippen molar-refractivity contribution in [2.75, 3.05) is 13.6 Å². The van der Waals surface area contributed by atoms with Gasteiger partial charge in [0.05, 0.1) is 5.92 Å². The first-order valence-corrected chi connectivity index (χ1v) is 8.01. The lowest BCUT2D eigenvalue weighted by molar-refractivity contribution is -0.139. The molecule has 2 heterocycles. The van der Waals surface area contributed by atoms with Crippen molar-refractivity contribution in [1.29, 1.82) is 0 Å². The van der Waals surface area contributed by atoms with Crippen LogP contribution in [0.15, 0.2) is 28.7 Å². The van der Waals surface area contributed by atoms with Crippen molar-refractivity contribution >= 4 is 27.7 Å². The molecule has 2 amide bonds. The summed E-state index contributed by atoms with van der Waals surface area (Å²) in [6, 6.07) is 8.20. The molecule has 2 fully saturated rings. The van der Waals surface area contributed by atoms with Gasteiger partial charge in [-0.15, -0.1) is 0 Å². The molecule has 5 heteroatoms. The number of halogens is 1. The van der Waals surface area contributed by atoms with Gasteiger partial charge in [0.2, 0.25) is 11.8 Å². The second-order valence-electron chi connectivity index (χ2n) is 6.37. The van der Waals surface area contributed by atoms with Crippen LogP contribution >= 0.6 is 15.9 Å². The molecule has 0 bridgehead atoms. The van der Waals surface area contributed by atoms with E-state index < -0.39 is 0 Å². The highest BCUT2D eigenvalue weighted by molar-refractivity contribution is 9.10. The molecule has 3 rings (SSSR count). The molecule has 112 valence electrons. The van der Waals surface area contributed by atoms with E-state index in [1.165, 1.54) is 0 Å². The molecule has 21 heavy (non-hydrogen) atoms. The fraction of sp³-hybridized carbons (Fsp3) is 0.500. The summed E-state index contributed by atoms with van der Waals surface area (Å²) in [6.07, 6.45) is 1.29. The number of nitrogens with one attached hydrogen (secondary N) is 1. The average molecular weight is 351 g/mol. The molecule has 0 saturated carbocycles. The van der Waals surface area contributed by atoms with E-state index in [0.717, 1.165) is 23.0 Å². The third kappa shape index (κ3) is 2.42. The number of rotatable bonds is 1. The number of likely N-dealkylation sites (tertiary alicyclic amines) is 1. The van der Waals surface area contributed by atoms with E-state index in [1.54, 1.807) is 0 Å². The molecule has 2 saturated heterocycles. The Kier molecular flexibility index (Phi) is 3.66. The summed E-state index contributed by atoms with van der Waals surface area (Å²) in [4.78, 5) is 26.8. The van der Waals surface area contributed by atoms with E-state index >= 15 is 0 Å². The predicted octanol–water partition coefficient (Wildman–Crippen LogP) is 2.29. The fourth-order valence-electron chi connectivity index (χ4n) is 3.93. The van der Waals surface area contributed by atoms with Crippen LogP contribution in [-0.4, -0.2) is 36.3 Å². The SMILES string of the molecule is CC1CC2(CC(=O)NC(=O)C2c2ccccc2Br)CN1C. The smallest absolute Gasteiger partial charge is 0.234 e. The molecule has 2 aliphatic rings.